The molecule has 0 spiro atoms. The summed E-state index contributed by atoms with van der Waals surface area (Å²) in [6, 6.07) is 1.82. The molecule has 13 heavy (non-hydrogen) atoms. The van der Waals surface area contributed by atoms with Gasteiger partial charge < -0.3 is 0 Å². The Balaban J connectivity index is 2.94. The van der Waals surface area contributed by atoms with E-state index in [1.165, 1.54) is 0 Å². The van der Waals surface area contributed by atoms with E-state index in [2.05, 4.69) is 10.1 Å². The molecule has 0 radical (unpaired) electrons. The Morgan fingerprint density at radius 2 is 2.00 bits per heavy atom. The molecule has 0 fully saturated rings. The molecule has 2 heterocycles. The molecule has 0 N–H and O–H groups in total. The van der Waals surface area contributed by atoms with Crippen molar-refractivity contribution in [1.29, 1.82) is 0 Å². The molecule has 0 aromatic carbocycles. The normalized spacial score (nSPS) is 11.1. The highest BCUT2D eigenvalue weighted by atomic mass is 35.5. The molecule has 68 valence electrons. The van der Waals surface area contributed by atoms with Crippen molar-refractivity contribution in [3.8, 4) is 0 Å². The lowest BCUT2D eigenvalue weighted by Gasteiger charge is -1.98. The molecule has 0 aliphatic rings. The van der Waals surface area contributed by atoms with Crippen molar-refractivity contribution in [2.24, 2.45) is 0 Å². The number of nitrogens with zero attached hydrogens (tertiary/aromatic N) is 3. The van der Waals surface area contributed by atoms with Gasteiger partial charge in [-0.25, -0.2) is 9.50 Å². The number of halogens is 1. The van der Waals surface area contributed by atoms with Crippen molar-refractivity contribution >= 4 is 17.2 Å². The summed E-state index contributed by atoms with van der Waals surface area (Å²) in [5.41, 5.74) is 3.98. The predicted octanol–water partition coefficient (Wildman–Crippen LogP) is 2.31. The van der Waals surface area contributed by atoms with Crippen molar-refractivity contribution in [3.63, 3.8) is 0 Å². The smallest absolute Gasteiger partial charge is 0.157 e. The third-order valence-electron chi connectivity index (χ3n) is 2.20. The molecule has 0 bridgehead atoms. The molecule has 4 heteroatoms. The van der Waals surface area contributed by atoms with Crippen LogP contribution in [-0.2, 0) is 0 Å². The highest BCUT2D eigenvalue weighted by Crippen LogP contribution is 2.16. The number of imidazole rings is 1. The summed E-state index contributed by atoms with van der Waals surface area (Å²) in [5.74, 6) is 0. The van der Waals surface area contributed by atoms with Gasteiger partial charge in [0.25, 0.3) is 0 Å². The van der Waals surface area contributed by atoms with E-state index < -0.39 is 0 Å². The van der Waals surface area contributed by atoms with Crippen molar-refractivity contribution < 1.29 is 0 Å². The number of hydrogen-bond acceptors (Lipinski definition) is 2. The van der Waals surface area contributed by atoms with Crippen LogP contribution in [0, 0.1) is 20.8 Å². The standard InChI is InChI=1S/C9H10ClN3/c1-5-4-8(10)12-13-7(3)6(2)11-9(5)13/h4H,1-3H3. The minimum absolute atomic E-state index is 0.505. The van der Waals surface area contributed by atoms with E-state index in [4.69, 9.17) is 11.6 Å². The van der Waals surface area contributed by atoms with Crippen molar-refractivity contribution in [1.82, 2.24) is 14.6 Å². The number of fused-ring (bicyclic) bond motifs is 1. The molecule has 0 saturated carbocycles. The molecule has 0 atom stereocenters. The van der Waals surface area contributed by atoms with E-state index >= 15 is 0 Å². The zero-order valence-corrected chi connectivity index (χ0v) is 8.55. The fourth-order valence-corrected chi connectivity index (χ4v) is 1.58. The van der Waals surface area contributed by atoms with Crippen LogP contribution in [-0.4, -0.2) is 14.6 Å². The van der Waals surface area contributed by atoms with Crippen LogP contribution in [0.1, 0.15) is 17.0 Å². The minimum atomic E-state index is 0.505. The van der Waals surface area contributed by atoms with E-state index in [9.17, 15) is 0 Å². The SMILES string of the molecule is Cc1nc2c(C)cc(Cl)nn2c1C. The van der Waals surface area contributed by atoms with Crippen LogP contribution in [0.5, 0.6) is 0 Å². The Bertz CT molecular complexity index is 473. The molecule has 0 saturated heterocycles. The van der Waals surface area contributed by atoms with Gasteiger partial charge in [0, 0.05) is 0 Å². The molecule has 0 aliphatic carbocycles. The number of rotatable bonds is 0. The molecule has 2 aromatic heterocycles. The average Bonchev–Trinajstić information content (AvgIpc) is 2.32. The summed E-state index contributed by atoms with van der Waals surface area (Å²) < 4.78 is 1.78. The fraction of sp³-hybridized carbons (Fsp3) is 0.333. The van der Waals surface area contributed by atoms with Gasteiger partial charge in [0.2, 0.25) is 0 Å². The molecule has 0 amide bonds. The van der Waals surface area contributed by atoms with Gasteiger partial charge in [0.05, 0.1) is 11.4 Å². The van der Waals surface area contributed by atoms with Gasteiger partial charge in [-0.3, -0.25) is 0 Å². The maximum Gasteiger partial charge on any atom is 0.157 e. The largest absolute Gasteiger partial charge is 0.232 e. The van der Waals surface area contributed by atoms with E-state index in [0.29, 0.717) is 5.15 Å². The van der Waals surface area contributed by atoms with Gasteiger partial charge in [-0.05, 0) is 32.4 Å². The lowest BCUT2D eigenvalue weighted by atomic mass is 10.3. The first-order chi connectivity index (χ1) is 6.09. The highest BCUT2D eigenvalue weighted by Gasteiger charge is 2.08. The van der Waals surface area contributed by atoms with E-state index in [0.717, 1.165) is 22.6 Å². The molecule has 0 aliphatic heterocycles. The zero-order chi connectivity index (χ0) is 9.59. The second kappa shape index (κ2) is 2.70. The maximum atomic E-state index is 5.85. The van der Waals surface area contributed by atoms with Crippen LogP contribution in [0.2, 0.25) is 5.15 Å². The Morgan fingerprint density at radius 3 is 2.69 bits per heavy atom. The molecule has 2 rings (SSSR count). The van der Waals surface area contributed by atoms with Gasteiger partial charge in [-0.15, -0.1) is 0 Å². The van der Waals surface area contributed by atoms with Gasteiger partial charge in [-0.1, -0.05) is 11.6 Å². The Labute approximate surface area is 81.4 Å². The summed E-state index contributed by atoms with van der Waals surface area (Å²) in [4.78, 5) is 4.40. The topological polar surface area (TPSA) is 30.2 Å². The Hall–Kier alpha value is -1.09. The van der Waals surface area contributed by atoms with Crippen LogP contribution in [0.25, 0.3) is 5.65 Å². The van der Waals surface area contributed by atoms with Crippen LogP contribution >= 0.6 is 11.6 Å². The second-order valence-electron chi connectivity index (χ2n) is 3.17. The number of aryl methyl sites for hydroxylation is 3. The third kappa shape index (κ3) is 1.20. The first-order valence-electron chi connectivity index (χ1n) is 4.08. The zero-order valence-electron chi connectivity index (χ0n) is 7.80. The van der Waals surface area contributed by atoms with E-state index in [1.54, 1.807) is 4.52 Å². The lowest BCUT2D eigenvalue weighted by Crippen LogP contribution is -1.96. The Kier molecular flexibility index (Phi) is 1.77. The van der Waals surface area contributed by atoms with Crippen molar-refractivity contribution in [3.05, 3.63) is 28.2 Å². The van der Waals surface area contributed by atoms with Crippen LogP contribution in [0.15, 0.2) is 6.07 Å². The number of hydrogen-bond donors (Lipinski definition) is 0. The summed E-state index contributed by atoms with van der Waals surface area (Å²) in [7, 11) is 0. The van der Waals surface area contributed by atoms with Crippen LogP contribution in [0.4, 0.5) is 0 Å². The predicted molar refractivity (Wildman–Crippen MR) is 52.2 cm³/mol. The third-order valence-corrected chi connectivity index (χ3v) is 2.38. The molecular weight excluding hydrogens is 186 g/mol. The van der Waals surface area contributed by atoms with E-state index in [-0.39, 0.29) is 0 Å². The molecular formula is C9H10ClN3. The lowest BCUT2D eigenvalue weighted by molar-refractivity contribution is 0.890. The van der Waals surface area contributed by atoms with Crippen molar-refractivity contribution in [2.75, 3.05) is 0 Å². The number of aromatic nitrogens is 3. The molecule has 0 unspecified atom stereocenters. The van der Waals surface area contributed by atoms with Gasteiger partial charge in [0.15, 0.2) is 5.65 Å². The first-order valence-corrected chi connectivity index (χ1v) is 4.46. The minimum Gasteiger partial charge on any atom is -0.232 e. The van der Waals surface area contributed by atoms with Gasteiger partial charge in [0.1, 0.15) is 5.15 Å². The second-order valence-corrected chi connectivity index (χ2v) is 3.56. The fourth-order valence-electron chi connectivity index (χ4n) is 1.34. The highest BCUT2D eigenvalue weighted by molar-refractivity contribution is 6.29. The van der Waals surface area contributed by atoms with Crippen molar-refractivity contribution in [2.45, 2.75) is 20.8 Å². The monoisotopic (exact) mass is 195 g/mol. The summed E-state index contributed by atoms with van der Waals surface area (Å²) in [6.07, 6.45) is 0. The summed E-state index contributed by atoms with van der Waals surface area (Å²) >= 11 is 5.85. The average molecular weight is 196 g/mol. The van der Waals surface area contributed by atoms with E-state index in [1.807, 2.05) is 26.8 Å². The quantitative estimate of drug-likeness (QED) is 0.646. The van der Waals surface area contributed by atoms with Gasteiger partial charge >= 0.3 is 0 Å². The first kappa shape index (κ1) is 8.51. The Morgan fingerprint density at radius 1 is 1.31 bits per heavy atom. The van der Waals surface area contributed by atoms with Crippen LogP contribution < -0.4 is 0 Å². The summed E-state index contributed by atoms with van der Waals surface area (Å²) in [5, 5.41) is 4.68. The van der Waals surface area contributed by atoms with Crippen LogP contribution in [0.3, 0.4) is 0 Å². The maximum absolute atomic E-state index is 5.85. The summed E-state index contributed by atoms with van der Waals surface area (Å²) in [6.45, 7) is 5.93. The molecule has 2 aromatic rings. The van der Waals surface area contributed by atoms with Gasteiger partial charge in [-0.2, -0.15) is 5.10 Å². The molecule has 3 nitrogen and oxygen atoms in total.